The number of ether oxygens (including phenoxy) is 6. The van der Waals surface area contributed by atoms with Crippen LogP contribution in [0.4, 0.5) is 23.6 Å². The lowest BCUT2D eigenvalue weighted by molar-refractivity contribution is -0.152. The third-order valence-corrected chi connectivity index (χ3v) is 19.6. The summed E-state index contributed by atoms with van der Waals surface area (Å²) in [4.78, 5) is 206. The molecule has 0 bridgehead atoms. The molecule has 37 heteroatoms. The number of carbonyl (C=O) groups is 16. The standard InChI is InChI=1S/C22H31N3O6.C21H29N3O6.C20H26FN3O6.C20H27N3O6/c1-5-30-20(27)17(13-12-16-10-8-7-9-11-16)23-15(3)19(26)25-18(21(28)31-6-2)14-24(4)22(25)29;1-5-30-19(26)16(12-11-15-9-7-6-8-10-15)22-14(2)18(25)24-17(20(27)29-4)13-23(3)21(24)28;1-4-30-19(28)15(10-7-13-5-8-14(21)9-6-13)22-12(2)17(25)24-16(18(26)27)11-23(3)20(24)29;1-4-29-19(27)15(11-10-14-8-6-5-7-9-14)21-13(2)17(24)23-16(18(25)26)12-22(3)20(23)28/h7-11,15,17-18,23H,5-6,12-14H2,1-4H3;6-10,14,16-17,22H,5,11-13H2,1-4H3;5-6,8-9,12,15-16,22H,4,7,10-11H2,1-3H3,(H,26,27);5-9,13,15-16,21H,4,10-12H2,1-3H3,(H,25,26). The molecule has 4 aliphatic rings. The van der Waals surface area contributed by atoms with Gasteiger partial charge in [0.05, 0.1) is 90.5 Å². The van der Waals surface area contributed by atoms with Gasteiger partial charge in [0.2, 0.25) is 23.6 Å². The van der Waals surface area contributed by atoms with Crippen LogP contribution in [-0.2, 0) is 112 Å². The van der Waals surface area contributed by atoms with Crippen LogP contribution in [0.2, 0.25) is 0 Å². The molecule has 0 spiro atoms. The summed E-state index contributed by atoms with van der Waals surface area (Å²) < 4.78 is 43.3. The number of nitrogens with one attached hydrogen (secondary N) is 4. The van der Waals surface area contributed by atoms with Crippen LogP contribution in [0.5, 0.6) is 0 Å². The van der Waals surface area contributed by atoms with Gasteiger partial charge in [-0.2, -0.15) is 0 Å². The highest BCUT2D eigenvalue weighted by molar-refractivity contribution is 6.06. The lowest BCUT2D eigenvalue weighted by Gasteiger charge is -2.26. The van der Waals surface area contributed by atoms with Crippen molar-refractivity contribution >= 4 is 95.5 Å². The average Bonchev–Trinajstić information content (AvgIpc) is 1.67. The molecule has 12 atom stereocenters. The summed E-state index contributed by atoms with van der Waals surface area (Å²) in [6.07, 6.45) is 3.69. The molecule has 6 N–H and O–H groups in total. The fraction of sp³-hybridized carbons (Fsp3) is 0.518. The Morgan fingerprint density at radius 3 is 0.817 bits per heavy atom. The summed E-state index contributed by atoms with van der Waals surface area (Å²) in [5.74, 6) is -8.85. The molecule has 4 aliphatic heterocycles. The zero-order valence-electron chi connectivity index (χ0n) is 70.3. The van der Waals surface area contributed by atoms with E-state index in [1.54, 1.807) is 60.6 Å². The van der Waals surface area contributed by atoms with E-state index in [9.17, 15) is 91.3 Å². The quantitative estimate of drug-likeness (QED) is 0.0272. The van der Waals surface area contributed by atoms with Crippen LogP contribution in [0.1, 0.15) is 110 Å². The van der Waals surface area contributed by atoms with Crippen molar-refractivity contribution < 1.29 is 120 Å². The smallest absolute Gasteiger partial charge is 0.331 e. The van der Waals surface area contributed by atoms with Crippen molar-refractivity contribution in [2.45, 2.75) is 186 Å². The second-order valence-corrected chi connectivity index (χ2v) is 28.5. The topological polar surface area (TPSA) is 443 Å². The highest BCUT2D eigenvalue weighted by Crippen LogP contribution is 2.24. The number of carboxylic acids is 2. The monoisotopic (exact) mass is 1680 g/mol. The molecule has 656 valence electrons. The van der Waals surface area contributed by atoms with E-state index in [2.05, 4.69) is 21.3 Å². The first-order chi connectivity index (χ1) is 57.0. The van der Waals surface area contributed by atoms with Crippen LogP contribution in [-0.4, -0.2) is 312 Å². The van der Waals surface area contributed by atoms with Crippen molar-refractivity contribution in [3.8, 4) is 0 Å². The number of methoxy groups -OCH3 is 1. The third kappa shape index (κ3) is 28.4. The first-order valence-corrected chi connectivity index (χ1v) is 39.6. The van der Waals surface area contributed by atoms with Gasteiger partial charge in [-0.25, -0.2) is 62.3 Å². The fourth-order valence-electron chi connectivity index (χ4n) is 13.3. The normalized spacial score (nSPS) is 18.2. The van der Waals surface area contributed by atoms with Crippen LogP contribution >= 0.6 is 0 Å². The molecule has 0 radical (unpaired) electrons. The number of hydrogen-bond donors (Lipinski definition) is 6. The van der Waals surface area contributed by atoms with Gasteiger partial charge in [0.15, 0.2) is 24.2 Å². The van der Waals surface area contributed by atoms with Gasteiger partial charge in [0.25, 0.3) is 0 Å². The average molecular weight is 1680 g/mol. The number of carbonyl (C=O) groups excluding carboxylic acids is 14. The molecule has 0 saturated carbocycles. The van der Waals surface area contributed by atoms with Gasteiger partial charge in [-0.05, 0) is 148 Å². The number of amides is 12. The maximum Gasteiger partial charge on any atom is 0.331 e. The molecule has 12 unspecified atom stereocenters. The maximum atomic E-state index is 13.1. The number of hydrogen-bond acceptors (Lipinski definition) is 26. The van der Waals surface area contributed by atoms with Crippen LogP contribution in [0.25, 0.3) is 0 Å². The maximum absolute atomic E-state index is 13.1. The fourth-order valence-corrected chi connectivity index (χ4v) is 13.3. The number of aryl methyl sites for hydroxylation is 4. The van der Waals surface area contributed by atoms with E-state index in [-0.39, 0.29) is 71.5 Å². The molecule has 36 nitrogen and oxygen atoms in total. The third-order valence-electron chi connectivity index (χ3n) is 19.6. The summed E-state index contributed by atoms with van der Waals surface area (Å²) >= 11 is 0. The number of esters is 6. The number of halogens is 1. The van der Waals surface area contributed by atoms with Gasteiger partial charge in [0, 0.05) is 28.2 Å². The minimum atomic E-state index is -1.29. The molecule has 0 aromatic heterocycles. The van der Waals surface area contributed by atoms with Crippen molar-refractivity contribution in [3.05, 3.63) is 143 Å². The minimum Gasteiger partial charge on any atom is -0.480 e. The second kappa shape index (κ2) is 48.9. The molecule has 8 rings (SSSR count). The molecule has 0 aliphatic carbocycles. The number of nitrogens with zero attached hydrogens (tertiary/aromatic N) is 8. The number of carboxylic acid groups (broad SMARTS) is 2. The molecule has 4 aromatic rings. The predicted octanol–water partition coefficient (Wildman–Crippen LogP) is 4.21. The Kier molecular flexibility index (Phi) is 40.2. The zero-order valence-corrected chi connectivity index (χ0v) is 70.3. The molecule has 4 saturated heterocycles. The highest BCUT2D eigenvalue weighted by atomic mass is 19.1. The lowest BCUT2D eigenvalue weighted by atomic mass is 10.0. The SMILES string of the molecule is CCOC(=O)C(CCc1ccc(F)cc1)NC(C)C(=O)N1C(=O)N(C)CC1C(=O)O.CCOC(=O)C(CCc1ccccc1)NC(C)C(=O)N1C(=O)N(C)CC1C(=O)O.CCOC(=O)C(CCc1ccccc1)NC(C)C(=O)N1C(=O)N(C)CC1C(=O)OC.CCOC(=O)C(CCc1ccccc1)NC(C)C(=O)N1C(=O)N(C)CC1C(=O)OCC. The van der Waals surface area contributed by atoms with E-state index in [0.29, 0.717) is 49.8 Å². The molecular formula is C83H113FN12O24. The van der Waals surface area contributed by atoms with Crippen molar-refractivity contribution in [1.82, 2.24) is 60.5 Å². The predicted molar refractivity (Wildman–Crippen MR) is 430 cm³/mol. The van der Waals surface area contributed by atoms with Crippen molar-refractivity contribution in [2.75, 3.05) is 94.5 Å². The largest absolute Gasteiger partial charge is 0.480 e. The van der Waals surface area contributed by atoms with Crippen LogP contribution < -0.4 is 21.3 Å². The minimum absolute atomic E-state index is 0.0548. The van der Waals surface area contributed by atoms with Crippen molar-refractivity contribution in [1.29, 1.82) is 0 Å². The Morgan fingerprint density at radius 2 is 0.583 bits per heavy atom. The first-order valence-electron chi connectivity index (χ1n) is 39.6. The number of aliphatic carboxylic acids is 2. The number of imide groups is 4. The molecule has 120 heavy (non-hydrogen) atoms. The molecule has 4 fully saturated rings. The Morgan fingerprint density at radius 1 is 0.358 bits per heavy atom. The van der Waals surface area contributed by atoms with Crippen molar-refractivity contribution in [3.63, 3.8) is 0 Å². The van der Waals surface area contributed by atoms with Crippen LogP contribution in [0, 0.1) is 5.82 Å². The zero-order chi connectivity index (χ0) is 89.2. The summed E-state index contributed by atoms with van der Waals surface area (Å²) in [7, 11) is 7.07. The van der Waals surface area contributed by atoms with Gasteiger partial charge in [-0.15, -0.1) is 0 Å². The Bertz CT molecular complexity index is 4150. The molecular weight excluding hydrogens is 1570 g/mol. The number of rotatable bonds is 37. The van der Waals surface area contributed by atoms with E-state index in [1.165, 1.54) is 76.0 Å². The molecule has 12 amide bonds. The van der Waals surface area contributed by atoms with Crippen LogP contribution in [0.3, 0.4) is 0 Å². The first kappa shape index (κ1) is 98.7. The Balaban J connectivity index is 0.000000285. The summed E-state index contributed by atoms with van der Waals surface area (Å²) in [6.45, 7) is 15.3. The second-order valence-electron chi connectivity index (χ2n) is 28.5. The molecule has 4 aromatic carbocycles. The number of likely N-dealkylation sites (N-methyl/N-ethyl adjacent to an activating group) is 4. The number of benzene rings is 4. The van der Waals surface area contributed by atoms with E-state index in [1.807, 2.05) is 91.0 Å². The van der Waals surface area contributed by atoms with Gasteiger partial charge in [-0.3, -0.25) is 59.6 Å². The molecule has 4 heterocycles. The summed E-state index contributed by atoms with van der Waals surface area (Å²) in [6, 6.07) is 20.7. The van der Waals surface area contributed by atoms with Gasteiger partial charge in [0.1, 0.15) is 30.0 Å². The van der Waals surface area contributed by atoms with E-state index in [4.69, 9.17) is 28.4 Å². The van der Waals surface area contributed by atoms with Gasteiger partial charge < -0.3 is 58.2 Å². The Labute approximate surface area is 696 Å². The van der Waals surface area contributed by atoms with E-state index >= 15 is 0 Å². The van der Waals surface area contributed by atoms with Crippen LogP contribution in [0.15, 0.2) is 115 Å². The Hall–Kier alpha value is -11.8. The van der Waals surface area contributed by atoms with Gasteiger partial charge >= 0.3 is 71.9 Å². The lowest BCUT2D eigenvalue weighted by Crippen LogP contribution is -2.55. The van der Waals surface area contributed by atoms with Gasteiger partial charge in [-0.1, -0.05) is 103 Å². The van der Waals surface area contributed by atoms with E-state index < -0.39 is 168 Å². The van der Waals surface area contributed by atoms with Crippen molar-refractivity contribution in [2.24, 2.45) is 0 Å². The summed E-state index contributed by atoms with van der Waals surface area (Å²) in [5, 5.41) is 30.4. The number of urea groups is 4. The summed E-state index contributed by atoms with van der Waals surface area (Å²) in [5.41, 5.74) is 3.93. The highest BCUT2D eigenvalue weighted by Gasteiger charge is 2.50. The van der Waals surface area contributed by atoms with E-state index in [0.717, 1.165) is 41.9 Å².